The van der Waals surface area contributed by atoms with Crippen LogP contribution in [0.1, 0.15) is 12.3 Å². The lowest BCUT2D eigenvalue weighted by Gasteiger charge is -2.13. The van der Waals surface area contributed by atoms with Crippen LogP contribution in [-0.4, -0.2) is 19.5 Å². The lowest BCUT2D eigenvalue weighted by Crippen LogP contribution is -2.01. The molecule has 0 fully saturated rings. The summed E-state index contributed by atoms with van der Waals surface area (Å²) < 4.78 is 79.4. The minimum Gasteiger partial charge on any atom is -0.309 e. The maximum absolute atomic E-state index is 9.07. The summed E-state index contributed by atoms with van der Waals surface area (Å²) in [6, 6.07) is 36.2. The third kappa shape index (κ3) is 5.16. The molecule has 7 aromatic carbocycles. The molecule has 0 aliphatic heterocycles. The molecule has 230 valence electrons. The molecular weight excluding hydrogens is 597 g/mol. The maximum atomic E-state index is 9.07. The molecule has 0 saturated heterocycles. The van der Waals surface area contributed by atoms with Crippen LogP contribution in [0.25, 0.3) is 83.9 Å². The van der Waals surface area contributed by atoms with Gasteiger partial charge in [-0.25, -0.2) is 15.0 Å². The molecule has 0 N–H and O–H groups in total. The Hall–Kier alpha value is -6.65. The van der Waals surface area contributed by atoms with E-state index >= 15 is 0 Å². The first kappa shape index (κ1) is 20.6. The van der Waals surface area contributed by atoms with E-state index < -0.39 is 42.3 Å². The highest BCUT2D eigenvalue weighted by Gasteiger charge is 2.18. The van der Waals surface area contributed by atoms with Gasteiger partial charge in [-0.05, 0) is 46.5 Å². The average Bonchev–Trinajstić information content (AvgIpc) is 3.63. The zero-order chi connectivity index (χ0) is 40.4. The van der Waals surface area contributed by atoms with Gasteiger partial charge in [0.15, 0.2) is 17.5 Å². The fraction of sp³-hybridized carbons (Fsp3) is 0. The van der Waals surface area contributed by atoms with Crippen molar-refractivity contribution in [3.05, 3.63) is 182 Å². The van der Waals surface area contributed by atoms with Crippen LogP contribution in [-0.2, 0) is 0 Å². The van der Waals surface area contributed by atoms with Crippen molar-refractivity contribution in [1.29, 1.82) is 0 Å². The van der Waals surface area contributed by atoms with Crippen molar-refractivity contribution >= 4 is 21.8 Å². The highest BCUT2D eigenvalue weighted by Crippen LogP contribution is 2.39. The molecule has 4 heteroatoms. The summed E-state index contributed by atoms with van der Waals surface area (Å²) in [6.07, 6.45) is 0. The molecule has 9 aromatic rings. The lowest BCUT2D eigenvalue weighted by molar-refractivity contribution is 1.07. The van der Waals surface area contributed by atoms with Crippen LogP contribution in [0.2, 0.25) is 0 Å². The number of benzene rings is 7. The number of rotatable bonds is 6. The monoisotopic (exact) mass is 635 g/mol. The fourth-order valence-corrected chi connectivity index (χ4v) is 6.27. The third-order valence-corrected chi connectivity index (χ3v) is 8.50. The molecule has 0 amide bonds. The van der Waals surface area contributed by atoms with E-state index in [1.807, 2.05) is 109 Å². The van der Waals surface area contributed by atoms with E-state index in [2.05, 4.69) is 0 Å². The molecule has 9 rings (SSSR count). The molecule has 0 aliphatic rings. The van der Waals surface area contributed by atoms with Crippen LogP contribution in [0.5, 0.6) is 0 Å². The minimum absolute atomic E-state index is 0.0563. The molecule has 0 saturated carbocycles. The first-order valence-corrected chi connectivity index (χ1v) is 15.7. The first-order chi connectivity index (χ1) is 28.0. The number of nitrogens with zero attached hydrogens (tertiary/aromatic N) is 4. The van der Waals surface area contributed by atoms with Crippen molar-refractivity contribution in [1.82, 2.24) is 19.5 Å². The molecule has 0 radical (unpaired) electrons. The van der Waals surface area contributed by atoms with E-state index in [0.717, 1.165) is 27.8 Å². The Labute approximate surface area is 297 Å². The quantitative estimate of drug-likeness (QED) is 0.183. The number of fused-ring (bicyclic) bond motifs is 3. The van der Waals surface area contributed by atoms with Crippen LogP contribution < -0.4 is 0 Å². The topological polar surface area (TPSA) is 43.6 Å². The van der Waals surface area contributed by atoms with E-state index in [1.54, 1.807) is 22.8 Å². The molecule has 49 heavy (non-hydrogen) atoms. The third-order valence-electron chi connectivity index (χ3n) is 8.50. The van der Waals surface area contributed by atoms with Gasteiger partial charge in [-0.2, -0.15) is 0 Å². The maximum Gasteiger partial charge on any atom is 0.164 e. The zero-order valence-electron chi connectivity index (χ0n) is 34.9. The molecule has 0 bridgehead atoms. The van der Waals surface area contributed by atoms with Gasteiger partial charge in [0.2, 0.25) is 0 Å². The summed E-state index contributed by atoms with van der Waals surface area (Å²) in [4.78, 5) is 14.7. The summed E-state index contributed by atoms with van der Waals surface area (Å²) in [5.41, 5.74) is 5.63. The fourth-order valence-electron chi connectivity index (χ4n) is 6.27. The summed E-state index contributed by atoms with van der Waals surface area (Å²) >= 11 is 0. The van der Waals surface area contributed by atoms with Crippen molar-refractivity contribution < 1.29 is 12.3 Å². The molecule has 0 aliphatic carbocycles. The van der Waals surface area contributed by atoms with Crippen molar-refractivity contribution in [2.24, 2.45) is 0 Å². The Bertz CT molecular complexity index is 3010. The first-order valence-electron chi connectivity index (χ1n) is 20.2. The van der Waals surface area contributed by atoms with Crippen LogP contribution >= 0.6 is 0 Å². The molecule has 0 unspecified atom stereocenters. The smallest absolute Gasteiger partial charge is 0.164 e. The summed E-state index contributed by atoms with van der Waals surface area (Å²) in [5.74, 6) is 1.56. The SMILES string of the molecule is [2H]c1c([2H])c([2H])c(-c2cccc3c2c2c([2H])c([2H])c([2H])c([2H])c2n3-c2ccc(-c3ccccc3-c3nc(-c4ccccc4)nc(-c4ccccc4)n3)cc2)c([2H])c1[2H]. The molecule has 4 nitrogen and oxygen atoms in total. The number of hydrogen-bond acceptors (Lipinski definition) is 3. The van der Waals surface area contributed by atoms with Gasteiger partial charge in [-0.1, -0.05) is 158 Å². The van der Waals surface area contributed by atoms with Gasteiger partial charge in [-0.3, -0.25) is 0 Å². The predicted octanol–water partition coefficient (Wildman–Crippen LogP) is 11.3. The van der Waals surface area contributed by atoms with E-state index in [-0.39, 0.29) is 34.1 Å². The highest BCUT2D eigenvalue weighted by molar-refractivity contribution is 6.15. The van der Waals surface area contributed by atoms with Gasteiger partial charge in [0, 0.05) is 33.2 Å². The van der Waals surface area contributed by atoms with Gasteiger partial charge in [0.1, 0.15) is 0 Å². The molecule has 0 atom stereocenters. The van der Waals surface area contributed by atoms with Gasteiger partial charge in [0.25, 0.3) is 0 Å². The minimum atomic E-state index is -0.527. The Morgan fingerprint density at radius 3 is 1.65 bits per heavy atom. The van der Waals surface area contributed by atoms with Crippen LogP contribution in [0.3, 0.4) is 0 Å². The average molecular weight is 636 g/mol. The second kappa shape index (κ2) is 12.2. The Kier molecular flexibility index (Phi) is 5.11. The van der Waals surface area contributed by atoms with Crippen LogP contribution in [0, 0.1) is 0 Å². The molecular formula is C45H30N4. The van der Waals surface area contributed by atoms with Gasteiger partial charge < -0.3 is 4.57 Å². The number of hydrogen-bond donors (Lipinski definition) is 0. The van der Waals surface area contributed by atoms with Crippen molar-refractivity contribution in [2.75, 3.05) is 0 Å². The molecule has 0 spiro atoms. The Morgan fingerprint density at radius 1 is 0.388 bits per heavy atom. The van der Waals surface area contributed by atoms with Gasteiger partial charge >= 0.3 is 0 Å². The summed E-state index contributed by atoms with van der Waals surface area (Å²) in [6.45, 7) is 0. The van der Waals surface area contributed by atoms with Gasteiger partial charge in [0.05, 0.1) is 23.4 Å². The van der Waals surface area contributed by atoms with Crippen molar-refractivity contribution in [3.8, 4) is 62.1 Å². The Balaban J connectivity index is 1.24. The Morgan fingerprint density at radius 2 is 0.959 bits per heavy atom. The van der Waals surface area contributed by atoms with E-state index in [1.165, 1.54) is 0 Å². The number of aromatic nitrogens is 4. The van der Waals surface area contributed by atoms with Gasteiger partial charge in [-0.15, -0.1) is 0 Å². The normalized spacial score (nSPS) is 13.8. The second-order valence-electron chi connectivity index (χ2n) is 11.4. The molecule has 2 heterocycles. The van der Waals surface area contributed by atoms with E-state index in [0.29, 0.717) is 34.1 Å². The highest BCUT2D eigenvalue weighted by atomic mass is 15.0. The standard InChI is InChI=1S/C45H30N4/c1-4-15-31(16-5-1)37-24-14-26-41-42(37)39-23-12-13-25-40(39)49(41)35-29-27-32(28-30-35)36-21-10-11-22-38(36)45-47-43(33-17-6-2-7-18-33)46-44(48-45)34-19-8-3-9-20-34/h1-30H/i1D,4D,5D,12D,13D,15D,16D,23D,25D. The summed E-state index contributed by atoms with van der Waals surface area (Å²) in [5, 5.41) is 0.520. The van der Waals surface area contributed by atoms with Crippen LogP contribution in [0.15, 0.2) is 182 Å². The van der Waals surface area contributed by atoms with E-state index in [9.17, 15) is 0 Å². The number of para-hydroxylation sites is 1. The predicted molar refractivity (Wildman–Crippen MR) is 201 cm³/mol. The van der Waals surface area contributed by atoms with Crippen molar-refractivity contribution in [2.45, 2.75) is 0 Å². The van der Waals surface area contributed by atoms with E-state index in [4.69, 9.17) is 27.3 Å². The zero-order valence-corrected chi connectivity index (χ0v) is 25.9. The second-order valence-corrected chi connectivity index (χ2v) is 11.4. The largest absolute Gasteiger partial charge is 0.309 e. The van der Waals surface area contributed by atoms with Crippen LogP contribution in [0.4, 0.5) is 0 Å². The van der Waals surface area contributed by atoms with Crippen molar-refractivity contribution in [3.63, 3.8) is 0 Å². The lowest BCUT2D eigenvalue weighted by atomic mass is 9.98. The summed E-state index contributed by atoms with van der Waals surface area (Å²) in [7, 11) is 0. The molecule has 2 aromatic heterocycles.